The standard InChI is InChI=1S/C19H22ClN5O3/c1-3-19(4-2)17(27)24(18(28)23-19)12-16(26)22-15-9-10-21-25(15)11-13-5-7-14(20)8-6-13/h5-10H,3-4,11-12H2,1-2H3,(H,22,26)(H,23,28). The van der Waals surface area contributed by atoms with Crippen LogP contribution in [0.1, 0.15) is 32.3 Å². The highest BCUT2D eigenvalue weighted by Gasteiger charge is 2.49. The third-order valence-corrected chi connectivity index (χ3v) is 5.24. The lowest BCUT2D eigenvalue weighted by Gasteiger charge is -2.23. The minimum absolute atomic E-state index is 0.349. The van der Waals surface area contributed by atoms with Crippen molar-refractivity contribution < 1.29 is 14.4 Å². The van der Waals surface area contributed by atoms with E-state index in [1.165, 1.54) is 0 Å². The molecule has 9 heteroatoms. The normalized spacial score (nSPS) is 15.6. The molecule has 0 spiro atoms. The average molecular weight is 404 g/mol. The van der Waals surface area contributed by atoms with Crippen molar-refractivity contribution in [2.24, 2.45) is 0 Å². The average Bonchev–Trinajstić information content (AvgIpc) is 3.21. The van der Waals surface area contributed by atoms with Gasteiger partial charge in [0.05, 0.1) is 12.7 Å². The van der Waals surface area contributed by atoms with Crippen LogP contribution in [-0.4, -0.2) is 44.6 Å². The summed E-state index contributed by atoms with van der Waals surface area (Å²) in [6, 6.07) is 8.42. The first-order valence-electron chi connectivity index (χ1n) is 9.08. The summed E-state index contributed by atoms with van der Waals surface area (Å²) in [7, 11) is 0. The highest BCUT2D eigenvalue weighted by atomic mass is 35.5. The molecule has 28 heavy (non-hydrogen) atoms. The summed E-state index contributed by atoms with van der Waals surface area (Å²) in [5.74, 6) is -0.360. The van der Waals surface area contributed by atoms with E-state index in [0.29, 0.717) is 30.2 Å². The van der Waals surface area contributed by atoms with Gasteiger partial charge in [-0.05, 0) is 30.5 Å². The van der Waals surface area contributed by atoms with Crippen LogP contribution in [0, 0.1) is 0 Å². The number of nitrogens with zero attached hydrogens (tertiary/aromatic N) is 3. The van der Waals surface area contributed by atoms with E-state index in [0.717, 1.165) is 10.5 Å². The lowest BCUT2D eigenvalue weighted by atomic mass is 9.93. The molecule has 1 aromatic heterocycles. The summed E-state index contributed by atoms with van der Waals surface area (Å²) in [6.07, 6.45) is 2.51. The summed E-state index contributed by atoms with van der Waals surface area (Å²) >= 11 is 5.89. The molecule has 2 aromatic rings. The topological polar surface area (TPSA) is 96.3 Å². The Hall–Kier alpha value is -2.87. The van der Waals surface area contributed by atoms with Gasteiger partial charge in [-0.3, -0.25) is 14.5 Å². The van der Waals surface area contributed by atoms with Gasteiger partial charge in [0.15, 0.2) is 0 Å². The lowest BCUT2D eigenvalue weighted by molar-refractivity contribution is -0.134. The molecule has 0 radical (unpaired) electrons. The van der Waals surface area contributed by atoms with Crippen LogP contribution in [0.4, 0.5) is 10.6 Å². The molecule has 0 bridgehead atoms. The number of urea groups is 1. The lowest BCUT2D eigenvalue weighted by Crippen LogP contribution is -2.46. The first kappa shape index (κ1) is 19.9. The predicted octanol–water partition coefficient (Wildman–Crippen LogP) is 2.63. The Morgan fingerprint density at radius 1 is 1.18 bits per heavy atom. The molecule has 2 heterocycles. The van der Waals surface area contributed by atoms with E-state index >= 15 is 0 Å². The van der Waals surface area contributed by atoms with Gasteiger partial charge in [-0.15, -0.1) is 0 Å². The van der Waals surface area contributed by atoms with E-state index in [2.05, 4.69) is 15.7 Å². The van der Waals surface area contributed by atoms with Gasteiger partial charge in [0.25, 0.3) is 5.91 Å². The van der Waals surface area contributed by atoms with E-state index in [1.54, 1.807) is 29.1 Å². The Morgan fingerprint density at radius 2 is 1.86 bits per heavy atom. The van der Waals surface area contributed by atoms with E-state index in [9.17, 15) is 14.4 Å². The monoisotopic (exact) mass is 403 g/mol. The molecule has 1 fully saturated rings. The zero-order chi connectivity index (χ0) is 20.3. The SMILES string of the molecule is CCC1(CC)NC(=O)N(CC(=O)Nc2ccnn2Cc2ccc(Cl)cc2)C1=O. The molecule has 8 nitrogen and oxygen atoms in total. The van der Waals surface area contributed by atoms with Crippen molar-refractivity contribution in [3.05, 3.63) is 47.1 Å². The number of hydrogen-bond acceptors (Lipinski definition) is 4. The smallest absolute Gasteiger partial charge is 0.323 e. The number of amides is 4. The van der Waals surface area contributed by atoms with Crippen LogP contribution in [0.2, 0.25) is 5.02 Å². The molecule has 0 aliphatic carbocycles. The number of carbonyl (C=O) groups excluding carboxylic acids is 3. The largest absolute Gasteiger partial charge is 0.325 e. The van der Waals surface area contributed by atoms with Crippen LogP contribution in [0.25, 0.3) is 0 Å². The Morgan fingerprint density at radius 3 is 2.46 bits per heavy atom. The van der Waals surface area contributed by atoms with Gasteiger partial charge in [0.2, 0.25) is 5.91 Å². The summed E-state index contributed by atoms with van der Waals surface area (Å²) in [5, 5.41) is 10.3. The number of benzene rings is 1. The van der Waals surface area contributed by atoms with E-state index in [-0.39, 0.29) is 12.5 Å². The van der Waals surface area contributed by atoms with Gasteiger partial charge in [0, 0.05) is 11.1 Å². The minimum atomic E-state index is -0.923. The van der Waals surface area contributed by atoms with Crippen molar-refractivity contribution >= 4 is 35.3 Å². The van der Waals surface area contributed by atoms with Crippen molar-refractivity contribution in [1.29, 1.82) is 0 Å². The van der Waals surface area contributed by atoms with Gasteiger partial charge in [-0.25, -0.2) is 9.48 Å². The minimum Gasteiger partial charge on any atom is -0.323 e. The van der Waals surface area contributed by atoms with Crippen molar-refractivity contribution in [1.82, 2.24) is 20.0 Å². The fraction of sp³-hybridized carbons (Fsp3) is 0.368. The van der Waals surface area contributed by atoms with E-state index < -0.39 is 17.5 Å². The molecule has 1 aromatic carbocycles. The molecule has 2 N–H and O–H groups in total. The number of rotatable bonds is 7. The van der Waals surface area contributed by atoms with Crippen molar-refractivity contribution in [3.63, 3.8) is 0 Å². The Kier molecular flexibility index (Phi) is 5.69. The third-order valence-electron chi connectivity index (χ3n) is 4.98. The van der Waals surface area contributed by atoms with E-state index in [1.807, 2.05) is 26.0 Å². The molecular formula is C19H22ClN5O3. The Labute approximate surface area is 167 Å². The van der Waals surface area contributed by atoms with Crippen molar-refractivity contribution in [3.8, 4) is 0 Å². The first-order valence-corrected chi connectivity index (χ1v) is 9.46. The Balaban J connectivity index is 1.66. The molecule has 148 valence electrons. The molecule has 0 unspecified atom stereocenters. The predicted molar refractivity (Wildman–Crippen MR) is 105 cm³/mol. The van der Waals surface area contributed by atoms with Gasteiger partial charge < -0.3 is 10.6 Å². The zero-order valence-corrected chi connectivity index (χ0v) is 16.5. The van der Waals surface area contributed by atoms with Gasteiger partial charge in [-0.1, -0.05) is 37.6 Å². The second kappa shape index (κ2) is 8.02. The summed E-state index contributed by atoms with van der Waals surface area (Å²) < 4.78 is 1.62. The number of nitrogens with one attached hydrogen (secondary N) is 2. The van der Waals surface area contributed by atoms with Crippen molar-refractivity contribution in [2.45, 2.75) is 38.8 Å². The van der Waals surface area contributed by atoms with Gasteiger partial charge >= 0.3 is 6.03 Å². The van der Waals surface area contributed by atoms with Crippen LogP contribution in [0.15, 0.2) is 36.5 Å². The second-order valence-electron chi connectivity index (χ2n) is 6.66. The van der Waals surface area contributed by atoms with E-state index in [4.69, 9.17) is 11.6 Å². The van der Waals surface area contributed by atoms with Crippen LogP contribution < -0.4 is 10.6 Å². The molecule has 3 rings (SSSR count). The van der Waals surface area contributed by atoms with Gasteiger partial charge in [0.1, 0.15) is 17.9 Å². The van der Waals surface area contributed by atoms with Gasteiger partial charge in [-0.2, -0.15) is 5.10 Å². The summed E-state index contributed by atoms with van der Waals surface area (Å²) in [5.41, 5.74) is 0.0432. The molecule has 1 aliphatic heterocycles. The highest BCUT2D eigenvalue weighted by Crippen LogP contribution is 2.24. The number of anilines is 1. The molecule has 1 aliphatic rings. The fourth-order valence-corrected chi connectivity index (χ4v) is 3.33. The maximum atomic E-state index is 12.6. The maximum Gasteiger partial charge on any atom is 0.325 e. The highest BCUT2D eigenvalue weighted by molar-refractivity contribution is 6.30. The molecular weight excluding hydrogens is 382 g/mol. The first-order chi connectivity index (χ1) is 13.4. The number of aromatic nitrogens is 2. The fourth-order valence-electron chi connectivity index (χ4n) is 3.20. The quantitative estimate of drug-likeness (QED) is 0.694. The molecule has 0 atom stereocenters. The number of imide groups is 1. The maximum absolute atomic E-state index is 12.6. The number of hydrogen-bond donors (Lipinski definition) is 2. The number of halogens is 1. The molecule has 0 saturated carbocycles. The third kappa shape index (κ3) is 3.87. The second-order valence-corrected chi connectivity index (χ2v) is 7.10. The summed E-state index contributed by atoms with van der Waals surface area (Å²) in [4.78, 5) is 38.2. The van der Waals surface area contributed by atoms with Crippen LogP contribution in [-0.2, 0) is 16.1 Å². The zero-order valence-electron chi connectivity index (χ0n) is 15.7. The Bertz CT molecular complexity index is 889. The summed E-state index contributed by atoms with van der Waals surface area (Å²) in [6.45, 7) is 3.76. The van der Waals surface area contributed by atoms with Crippen molar-refractivity contribution in [2.75, 3.05) is 11.9 Å². The number of carbonyl (C=O) groups is 3. The van der Waals surface area contributed by atoms with Crippen LogP contribution in [0.3, 0.4) is 0 Å². The molecule has 4 amide bonds. The van der Waals surface area contributed by atoms with Crippen LogP contribution in [0.5, 0.6) is 0 Å². The molecule has 1 saturated heterocycles. The van der Waals surface area contributed by atoms with Crippen LogP contribution >= 0.6 is 11.6 Å².